The maximum absolute atomic E-state index is 12.4. The summed E-state index contributed by atoms with van der Waals surface area (Å²) in [5, 5.41) is 3.23. The molecule has 0 unspecified atom stereocenters. The van der Waals surface area contributed by atoms with Crippen LogP contribution in [-0.2, 0) is 16.1 Å². The van der Waals surface area contributed by atoms with Crippen LogP contribution in [0.2, 0.25) is 0 Å². The second-order valence-electron chi connectivity index (χ2n) is 5.19. The second kappa shape index (κ2) is 6.17. The molecule has 0 aromatic heterocycles. The topological polar surface area (TPSA) is 41.6 Å². The highest BCUT2D eigenvalue weighted by atomic mass is 16.5. The number of nitrogens with one attached hydrogen (secondary N) is 1. The number of aryl methyl sites for hydroxylation is 1. The van der Waals surface area contributed by atoms with Gasteiger partial charge < -0.3 is 15.0 Å². The summed E-state index contributed by atoms with van der Waals surface area (Å²) in [5.74, 6) is 0.0905. The molecule has 1 heterocycles. The number of ether oxygens (including phenoxy) is 1. The molecule has 1 amide bonds. The molecule has 4 nitrogen and oxygen atoms in total. The van der Waals surface area contributed by atoms with Crippen LogP contribution in [-0.4, -0.2) is 43.2 Å². The molecule has 1 aromatic carbocycles. The summed E-state index contributed by atoms with van der Waals surface area (Å²) in [5.41, 5.74) is 2.37. The van der Waals surface area contributed by atoms with Crippen LogP contribution in [0.3, 0.4) is 0 Å². The van der Waals surface area contributed by atoms with Crippen LogP contribution in [0.4, 0.5) is 0 Å². The molecule has 2 rings (SSSR count). The van der Waals surface area contributed by atoms with Gasteiger partial charge in [-0.15, -0.1) is 0 Å². The molecule has 1 aliphatic rings. The molecule has 1 N–H and O–H groups in total. The van der Waals surface area contributed by atoms with Gasteiger partial charge in [-0.25, -0.2) is 0 Å². The zero-order valence-electron chi connectivity index (χ0n) is 11.8. The number of rotatable bonds is 3. The normalized spacial score (nSPS) is 23.1. The first-order valence-electron chi connectivity index (χ1n) is 6.73. The number of hydrogen-bond donors (Lipinski definition) is 1. The van der Waals surface area contributed by atoms with Gasteiger partial charge in [-0.1, -0.05) is 29.8 Å². The standard InChI is InChI=1S/C15H22N2O2/c1-11-4-6-13(7-5-11)10-17(3)15(18)14-12(2)19-9-8-16-14/h4-7,12,14,16H,8-10H2,1-3H3/t12-,14+/m1/s1. The van der Waals surface area contributed by atoms with E-state index in [2.05, 4.69) is 36.5 Å². The Balaban J connectivity index is 1.96. The maximum Gasteiger partial charge on any atom is 0.242 e. The Bertz CT molecular complexity index is 430. The van der Waals surface area contributed by atoms with E-state index in [-0.39, 0.29) is 18.1 Å². The number of nitrogens with zero attached hydrogens (tertiary/aromatic N) is 1. The average molecular weight is 262 g/mol. The first-order valence-corrected chi connectivity index (χ1v) is 6.73. The lowest BCUT2D eigenvalue weighted by Crippen LogP contribution is -2.55. The highest BCUT2D eigenvalue weighted by Gasteiger charge is 2.30. The first-order chi connectivity index (χ1) is 9.08. The highest BCUT2D eigenvalue weighted by Crippen LogP contribution is 2.10. The number of carbonyl (C=O) groups excluding carboxylic acids is 1. The molecular weight excluding hydrogens is 240 g/mol. The van der Waals surface area contributed by atoms with Gasteiger partial charge >= 0.3 is 0 Å². The molecule has 104 valence electrons. The predicted molar refractivity (Wildman–Crippen MR) is 74.9 cm³/mol. The second-order valence-corrected chi connectivity index (χ2v) is 5.19. The minimum Gasteiger partial charge on any atom is -0.375 e. The van der Waals surface area contributed by atoms with E-state index >= 15 is 0 Å². The van der Waals surface area contributed by atoms with Gasteiger partial charge in [0.15, 0.2) is 0 Å². The van der Waals surface area contributed by atoms with Crippen LogP contribution in [0.1, 0.15) is 18.1 Å². The monoisotopic (exact) mass is 262 g/mol. The molecule has 1 aromatic rings. The quantitative estimate of drug-likeness (QED) is 0.893. The van der Waals surface area contributed by atoms with Gasteiger partial charge in [0.25, 0.3) is 0 Å². The summed E-state index contributed by atoms with van der Waals surface area (Å²) in [7, 11) is 1.84. The fourth-order valence-corrected chi connectivity index (χ4v) is 2.29. The number of benzene rings is 1. The molecule has 0 saturated carbocycles. The predicted octanol–water partition coefficient (Wildman–Crippen LogP) is 1.33. The summed E-state index contributed by atoms with van der Waals surface area (Å²) in [4.78, 5) is 14.1. The van der Waals surface area contributed by atoms with Crippen molar-refractivity contribution in [3.05, 3.63) is 35.4 Å². The van der Waals surface area contributed by atoms with Gasteiger partial charge in [0, 0.05) is 20.1 Å². The number of carbonyl (C=O) groups is 1. The zero-order chi connectivity index (χ0) is 13.8. The Hall–Kier alpha value is -1.39. The van der Waals surface area contributed by atoms with Crippen LogP contribution < -0.4 is 5.32 Å². The molecule has 1 saturated heterocycles. The van der Waals surface area contributed by atoms with E-state index in [1.54, 1.807) is 4.90 Å². The van der Waals surface area contributed by atoms with Crippen LogP contribution in [0.25, 0.3) is 0 Å². The zero-order valence-corrected chi connectivity index (χ0v) is 11.8. The third kappa shape index (κ3) is 3.55. The van der Waals surface area contributed by atoms with Crippen LogP contribution in [0.15, 0.2) is 24.3 Å². The molecule has 2 atom stereocenters. The van der Waals surface area contributed by atoms with Crippen molar-refractivity contribution >= 4 is 5.91 Å². The fraction of sp³-hybridized carbons (Fsp3) is 0.533. The van der Waals surface area contributed by atoms with E-state index in [4.69, 9.17) is 4.74 Å². The van der Waals surface area contributed by atoms with Crippen molar-refractivity contribution in [3.8, 4) is 0 Å². The maximum atomic E-state index is 12.4. The Morgan fingerprint density at radius 1 is 1.42 bits per heavy atom. The minimum atomic E-state index is -0.232. The Morgan fingerprint density at radius 2 is 2.11 bits per heavy atom. The smallest absolute Gasteiger partial charge is 0.242 e. The van der Waals surface area contributed by atoms with Gasteiger partial charge in [0.2, 0.25) is 5.91 Å². The van der Waals surface area contributed by atoms with Crippen molar-refractivity contribution < 1.29 is 9.53 Å². The van der Waals surface area contributed by atoms with Crippen LogP contribution in [0.5, 0.6) is 0 Å². The largest absolute Gasteiger partial charge is 0.375 e. The lowest BCUT2D eigenvalue weighted by Gasteiger charge is -2.32. The SMILES string of the molecule is Cc1ccc(CN(C)C(=O)[C@H]2NCCO[C@@H]2C)cc1. The third-order valence-electron chi connectivity index (χ3n) is 3.50. The Kier molecular flexibility index (Phi) is 4.56. The molecule has 0 spiro atoms. The van der Waals surface area contributed by atoms with E-state index in [0.29, 0.717) is 13.2 Å². The lowest BCUT2D eigenvalue weighted by atomic mass is 10.1. The first kappa shape index (κ1) is 14.0. The molecule has 0 aliphatic carbocycles. The number of hydrogen-bond acceptors (Lipinski definition) is 3. The van der Waals surface area contributed by atoms with Crippen molar-refractivity contribution in [1.29, 1.82) is 0 Å². The number of amides is 1. The lowest BCUT2D eigenvalue weighted by molar-refractivity contribution is -0.138. The molecule has 1 aliphatic heterocycles. The van der Waals surface area contributed by atoms with Gasteiger partial charge in [-0.3, -0.25) is 4.79 Å². The average Bonchev–Trinajstić information content (AvgIpc) is 2.41. The van der Waals surface area contributed by atoms with E-state index in [9.17, 15) is 4.79 Å². The summed E-state index contributed by atoms with van der Waals surface area (Å²) in [6.45, 7) is 6.04. The van der Waals surface area contributed by atoms with Crippen LogP contribution >= 0.6 is 0 Å². The van der Waals surface area contributed by atoms with Gasteiger partial charge in [0.1, 0.15) is 6.04 Å². The molecular formula is C15H22N2O2. The van der Waals surface area contributed by atoms with Gasteiger partial charge in [0.05, 0.1) is 12.7 Å². The molecule has 0 radical (unpaired) electrons. The Morgan fingerprint density at radius 3 is 2.74 bits per heavy atom. The summed E-state index contributed by atoms with van der Waals surface area (Å²) in [6.07, 6.45) is -0.0679. The summed E-state index contributed by atoms with van der Waals surface area (Å²) < 4.78 is 5.52. The van der Waals surface area contributed by atoms with Crippen molar-refractivity contribution in [1.82, 2.24) is 10.2 Å². The van der Waals surface area contributed by atoms with E-state index < -0.39 is 0 Å². The van der Waals surface area contributed by atoms with Crippen molar-refractivity contribution in [2.24, 2.45) is 0 Å². The van der Waals surface area contributed by atoms with Crippen molar-refractivity contribution in [2.45, 2.75) is 32.5 Å². The highest BCUT2D eigenvalue weighted by molar-refractivity contribution is 5.82. The molecule has 1 fully saturated rings. The van der Waals surface area contributed by atoms with Gasteiger partial charge in [-0.05, 0) is 19.4 Å². The van der Waals surface area contributed by atoms with Crippen molar-refractivity contribution in [3.63, 3.8) is 0 Å². The fourth-order valence-electron chi connectivity index (χ4n) is 2.29. The van der Waals surface area contributed by atoms with E-state index in [1.807, 2.05) is 14.0 Å². The summed E-state index contributed by atoms with van der Waals surface area (Å²) >= 11 is 0. The van der Waals surface area contributed by atoms with E-state index in [0.717, 1.165) is 12.1 Å². The van der Waals surface area contributed by atoms with Crippen LogP contribution in [0, 0.1) is 6.92 Å². The Labute approximate surface area is 114 Å². The molecule has 19 heavy (non-hydrogen) atoms. The minimum absolute atomic E-state index is 0.0679. The van der Waals surface area contributed by atoms with Gasteiger partial charge in [-0.2, -0.15) is 0 Å². The number of likely N-dealkylation sites (N-methyl/N-ethyl adjacent to an activating group) is 1. The van der Waals surface area contributed by atoms with E-state index in [1.165, 1.54) is 5.56 Å². The summed E-state index contributed by atoms with van der Waals surface area (Å²) in [6, 6.07) is 8.03. The van der Waals surface area contributed by atoms with Crippen molar-refractivity contribution in [2.75, 3.05) is 20.2 Å². The number of morpholine rings is 1. The molecule has 0 bridgehead atoms. The third-order valence-corrected chi connectivity index (χ3v) is 3.50. The molecule has 4 heteroatoms.